The van der Waals surface area contributed by atoms with Crippen molar-refractivity contribution in [3.63, 3.8) is 0 Å². The lowest BCUT2D eigenvalue weighted by molar-refractivity contribution is -0.177. The van der Waals surface area contributed by atoms with Crippen molar-refractivity contribution in [3.05, 3.63) is 28.7 Å². The van der Waals surface area contributed by atoms with E-state index in [1.807, 2.05) is 18.2 Å². The lowest BCUT2D eigenvalue weighted by Gasteiger charge is -2.60. The minimum Gasteiger partial charge on any atom is -0.456 e. The van der Waals surface area contributed by atoms with Gasteiger partial charge in [-0.05, 0) is 83.8 Å². The molecule has 4 aliphatic carbocycles. The average Bonchev–Trinajstić information content (AvgIpc) is 2.52. The molecule has 2 N–H and O–H groups in total. The number of aliphatic hydroxyl groups is 1. The summed E-state index contributed by atoms with van der Waals surface area (Å²) in [5, 5.41) is 13.5. The number of anilines is 1. The zero-order valence-electron chi connectivity index (χ0n) is 14.7. The van der Waals surface area contributed by atoms with E-state index in [1.165, 1.54) is 6.42 Å². The fourth-order valence-electron chi connectivity index (χ4n) is 5.86. The molecule has 0 saturated heterocycles. The van der Waals surface area contributed by atoms with Gasteiger partial charge in [-0.2, -0.15) is 0 Å². The molecule has 140 valence electrons. The van der Waals surface area contributed by atoms with Crippen LogP contribution in [0.1, 0.15) is 44.9 Å². The molecule has 0 radical (unpaired) electrons. The minimum absolute atomic E-state index is 0.130. The smallest absolute Gasteiger partial charge is 0.306 e. The van der Waals surface area contributed by atoms with Crippen LogP contribution in [0.15, 0.2) is 28.7 Å². The zero-order valence-corrected chi connectivity index (χ0v) is 16.3. The van der Waals surface area contributed by atoms with E-state index in [0.717, 1.165) is 30.2 Å². The van der Waals surface area contributed by atoms with E-state index in [9.17, 15) is 14.7 Å². The summed E-state index contributed by atoms with van der Waals surface area (Å²) in [4.78, 5) is 24.4. The molecule has 5 rings (SSSR count). The summed E-state index contributed by atoms with van der Waals surface area (Å²) in [5.74, 6) is 0.382. The van der Waals surface area contributed by atoms with Crippen molar-refractivity contribution in [2.24, 2.45) is 17.3 Å². The van der Waals surface area contributed by atoms with Crippen molar-refractivity contribution in [1.29, 1.82) is 0 Å². The first-order valence-corrected chi connectivity index (χ1v) is 10.1. The number of rotatable bonds is 5. The Morgan fingerprint density at radius 1 is 1.19 bits per heavy atom. The fraction of sp³-hybridized carbons (Fsp3) is 0.600. The van der Waals surface area contributed by atoms with E-state index in [0.29, 0.717) is 30.4 Å². The van der Waals surface area contributed by atoms with Crippen LogP contribution in [0.4, 0.5) is 5.69 Å². The van der Waals surface area contributed by atoms with Crippen LogP contribution in [0.2, 0.25) is 0 Å². The number of nitrogens with one attached hydrogen (secondary N) is 1. The Hall–Kier alpha value is -1.40. The largest absolute Gasteiger partial charge is 0.456 e. The van der Waals surface area contributed by atoms with Gasteiger partial charge in [0.15, 0.2) is 6.61 Å². The van der Waals surface area contributed by atoms with Crippen LogP contribution < -0.4 is 5.32 Å². The first-order chi connectivity index (χ1) is 12.3. The van der Waals surface area contributed by atoms with Crippen molar-refractivity contribution >= 4 is 33.5 Å². The maximum atomic E-state index is 12.4. The van der Waals surface area contributed by atoms with Crippen LogP contribution in [-0.4, -0.2) is 29.2 Å². The molecular weight excluding hydrogens is 398 g/mol. The molecule has 4 atom stereocenters. The van der Waals surface area contributed by atoms with Crippen molar-refractivity contribution in [2.75, 3.05) is 11.9 Å². The van der Waals surface area contributed by atoms with E-state index in [-0.39, 0.29) is 23.9 Å². The SMILES string of the molecule is O=C(COC(=O)CC12C[C@@H]3C[C@@H](CC(O)(C3)C1)C2)Nc1ccccc1Br. The lowest BCUT2D eigenvalue weighted by atomic mass is 9.47. The van der Waals surface area contributed by atoms with Crippen LogP contribution >= 0.6 is 15.9 Å². The maximum Gasteiger partial charge on any atom is 0.306 e. The molecule has 4 saturated carbocycles. The van der Waals surface area contributed by atoms with Gasteiger partial charge in [-0.25, -0.2) is 0 Å². The molecule has 0 heterocycles. The zero-order chi connectivity index (χ0) is 18.4. The van der Waals surface area contributed by atoms with Crippen LogP contribution in [-0.2, 0) is 14.3 Å². The molecule has 26 heavy (non-hydrogen) atoms. The molecule has 6 heteroatoms. The second-order valence-corrected chi connectivity index (χ2v) is 9.41. The summed E-state index contributed by atoms with van der Waals surface area (Å²) in [7, 11) is 0. The number of carbonyl (C=O) groups excluding carboxylic acids is 2. The molecule has 0 aliphatic heterocycles. The molecular formula is C20H24BrNO4. The number of para-hydroxylation sites is 1. The number of ether oxygens (including phenoxy) is 1. The molecule has 1 aromatic rings. The predicted molar refractivity (Wildman–Crippen MR) is 100 cm³/mol. The Labute approximate surface area is 161 Å². The maximum absolute atomic E-state index is 12.4. The Morgan fingerprint density at radius 2 is 1.88 bits per heavy atom. The number of amides is 1. The number of hydrogen-bond donors (Lipinski definition) is 2. The molecule has 0 spiro atoms. The molecule has 1 amide bonds. The molecule has 4 bridgehead atoms. The van der Waals surface area contributed by atoms with Gasteiger partial charge in [0.05, 0.1) is 17.7 Å². The number of halogens is 1. The lowest BCUT2D eigenvalue weighted by Crippen LogP contribution is -2.56. The normalized spacial score (nSPS) is 34.5. The molecule has 5 nitrogen and oxygen atoms in total. The van der Waals surface area contributed by atoms with Gasteiger partial charge in [-0.3, -0.25) is 9.59 Å². The Bertz CT molecular complexity index is 720. The van der Waals surface area contributed by atoms with E-state index in [2.05, 4.69) is 21.2 Å². The van der Waals surface area contributed by atoms with Gasteiger partial charge in [0, 0.05) is 4.47 Å². The van der Waals surface area contributed by atoms with Crippen molar-refractivity contribution < 1.29 is 19.4 Å². The highest BCUT2D eigenvalue weighted by molar-refractivity contribution is 9.10. The monoisotopic (exact) mass is 421 g/mol. The van der Waals surface area contributed by atoms with Crippen molar-refractivity contribution in [1.82, 2.24) is 0 Å². The highest BCUT2D eigenvalue weighted by atomic mass is 79.9. The third-order valence-electron chi connectivity index (χ3n) is 6.18. The Morgan fingerprint density at radius 3 is 2.54 bits per heavy atom. The standard InChI is InChI=1S/C20H24BrNO4/c21-15-3-1-2-4-16(15)22-17(23)11-26-18(24)10-19-6-13-5-14(7-19)9-20(25,8-13)12-19/h1-4,13-14,25H,5-12H2,(H,22,23)/t13-,14+,19?,20?. The van der Waals surface area contributed by atoms with Crippen LogP contribution in [0.3, 0.4) is 0 Å². The number of esters is 1. The van der Waals surface area contributed by atoms with Crippen molar-refractivity contribution in [3.8, 4) is 0 Å². The number of hydrogen-bond acceptors (Lipinski definition) is 4. The van der Waals surface area contributed by atoms with E-state index in [4.69, 9.17) is 4.74 Å². The molecule has 0 aromatic heterocycles. The van der Waals surface area contributed by atoms with Crippen LogP contribution in [0, 0.1) is 17.3 Å². The van der Waals surface area contributed by atoms with Crippen LogP contribution in [0.5, 0.6) is 0 Å². The summed E-state index contributed by atoms with van der Waals surface area (Å²) in [6.45, 7) is -0.284. The van der Waals surface area contributed by atoms with Crippen LogP contribution in [0.25, 0.3) is 0 Å². The second kappa shape index (κ2) is 6.64. The van der Waals surface area contributed by atoms with E-state index < -0.39 is 5.60 Å². The minimum atomic E-state index is -0.582. The predicted octanol–water partition coefficient (Wildman–Crippen LogP) is 3.65. The molecule has 1 aromatic carbocycles. The van der Waals surface area contributed by atoms with Gasteiger partial charge in [-0.15, -0.1) is 0 Å². The third kappa shape index (κ3) is 3.67. The number of carbonyl (C=O) groups is 2. The third-order valence-corrected chi connectivity index (χ3v) is 6.87. The van der Waals surface area contributed by atoms with Gasteiger partial charge in [0.2, 0.25) is 0 Å². The fourth-order valence-corrected chi connectivity index (χ4v) is 6.24. The number of benzene rings is 1. The van der Waals surface area contributed by atoms with Gasteiger partial charge >= 0.3 is 5.97 Å². The quantitative estimate of drug-likeness (QED) is 0.711. The molecule has 4 fully saturated rings. The Kier molecular flexibility index (Phi) is 4.59. The highest BCUT2D eigenvalue weighted by Crippen LogP contribution is 2.62. The summed E-state index contributed by atoms with van der Waals surface area (Å²) in [6, 6.07) is 7.29. The molecule has 4 aliphatic rings. The summed E-state index contributed by atoms with van der Waals surface area (Å²) >= 11 is 3.37. The summed E-state index contributed by atoms with van der Waals surface area (Å²) in [5.41, 5.74) is -0.0623. The first kappa shape index (κ1) is 18.0. The van der Waals surface area contributed by atoms with Gasteiger partial charge in [0.1, 0.15) is 0 Å². The Balaban J connectivity index is 1.31. The second-order valence-electron chi connectivity index (χ2n) is 8.55. The highest BCUT2D eigenvalue weighted by Gasteiger charge is 2.57. The molecule has 2 unspecified atom stereocenters. The summed E-state index contributed by atoms with van der Waals surface area (Å²) < 4.78 is 6.02. The van der Waals surface area contributed by atoms with Crippen molar-refractivity contribution in [2.45, 2.75) is 50.5 Å². The van der Waals surface area contributed by atoms with E-state index >= 15 is 0 Å². The van der Waals surface area contributed by atoms with E-state index in [1.54, 1.807) is 6.07 Å². The van der Waals surface area contributed by atoms with Gasteiger partial charge in [0.25, 0.3) is 5.91 Å². The summed E-state index contributed by atoms with van der Waals surface area (Å²) in [6.07, 6.45) is 5.97. The van der Waals surface area contributed by atoms with Gasteiger partial charge < -0.3 is 15.2 Å². The van der Waals surface area contributed by atoms with Gasteiger partial charge in [-0.1, -0.05) is 12.1 Å². The average molecular weight is 422 g/mol. The first-order valence-electron chi connectivity index (χ1n) is 9.27. The topological polar surface area (TPSA) is 75.6 Å².